The Balaban J connectivity index is 1.27. The van der Waals surface area contributed by atoms with Crippen molar-refractivity contribution in [2.45, 2.75) is 6.92 Å². The van der Waals surface area contributed by atoms with Crippen molar-refractivity contribution in [2.75, 3.05) is 5.32 Å². The van der Waals surface area contributed by atoms with Gasteiger partial charge in [0, 0.05) is 27.8 Å². The van der Waals surface area contributed by atoms with Gasteiger partial charge in [0.2, 0.25) is 0 Å². The number of anilines is 1. The van der Waals surface area contributed by atoms with Crippen LogP contribution in [0.2, 0.25) is 0 Å². The van der Waals surface area contributed by atoms with Crippen molar-refractivity contribution < 1.29 is 4.79 Å². The second-order valence-corrected chi connectivity index (χ2v) is 8.69. The van der Waals surface area contributed by atoms with E-state index in [1.165, 1.54) is 5.56 Å². The van der Waals surface area contributed by atoms with Crippen LogP contribution in [-0.2, 0) is 0 Å². The Morgan fingerprint density at radius 2 is 1.36 bits per heavy atom. The zero-order valence-electron chi connectivity index (χ0n) is 18.2. The van der Waals surface area contributed by atoms with Crippen LogP contribution in [-0.4, -0.2) is 10.9 Å². The molecule has 0 fully saturated rings. The van der Waals surface area contributed by atoms with Crippen LogP contribution in [0.1, 0.15) is 15.9 Å². The molecule has 0 aliphatic carbocycles. The highest BCUT2D eigenvalue weighted by Gasteiger charge is 2.10. The molecule has 160 valence electrons. The molecule has 0 aliphatic rings. The molecule has 1 N–H and O–H groups in total. The molecule has 0 bridgehead atoms. The number of hydrogen-bond acceptors (Lipinski definition) is 3. The summed E-state index contributed by atoms with van der Waals surface area (Å²) in [5.74, 6) is -0.127. The van der Waals surface area contributed by atoms with Crippen molar-refractivity contribution in [2.24, 2.45) is 0 Å². The van der Waals surface area contributed by atoms with E-state index in [0.717, 1.165) is 38.6 Å². The molecule has 0 unspecified atom stereocenters. The number of carbonyl (C=O) groups excluding carboxylic acids is 1. The highest BCUT2D eigenvalue weighted by atomic mass is 32.1. The van der Waals surface area contributed by atoms with Gasteiger partial charge in [0.1, 0.15) is 5.01 Å². The first kappa shape index (κ1) is 20.9. The van der Waals surface area contributed by atoms with E-state index < -0.39 is 0 Å². The van der Waals surface area contributed by atoms with Crippen LogP contribution in [0.3, 0.4) is 0 Å². The Hall–Kier alpha value is -4.02. The molecule has 0 spiro atoms. The summed E-state index contributed by atoms with van der Waals surface area (Å²) in [6.45, 7) is 2.10. The molecule has 5 aromatic rings. The minimum Gasteiger partial charge on any atom is -0.322 e. The number of thiazole rings is 1. The number of aromatic nitrogens is 1. The highest BCUT2D eigenvalue weighted by molar-refractivity contribution is 7.13. The Kier molecular flexibility index (Phi) is 5.83. The van der Waals surface area contributed by atoms with E-state index in [0.29, 0.717) is 5.56 Å². The molecule has 33 heavy (non-hydrogen) atoms. The Bertz CT molecular complexity index is 1390. The van der Waals surface area contributed by atoms with Gasteiger partial charge in [-0.2, -0.15) is 0 Å². The quantitative estimate of drug-likeness (QED) is 0.300. The van der Waals surface area contributed by atoms with Crippen LogP contribution >= 0.6 is 11.3 Å². The molecule has 0 saturated heterocycles. The maximum atomic E-state index is 12.7. The summed E-state index contributed by atoms with van der Waals surface area (Å²) in [4.78, 5) is 17.5. The molecular weight excluding hydrogens is 424 g/mol. The van der Waals surface area contributed by atoms with Crippen molar-refractivity contribution in [3.05, 3.63) is 120 Å². The number of nitrogens with one attached hydrogen (secondary N) is 1. The third-order valence-corrected chi connectivity index (χ3v) is 6.45. The number of aryl methyl sites for hydroxylation is 1. The topological polar surface area (TPSA) is 42.0 Å². The monoisotopic (exact) mass is 446 g/mol. The maximum Gasteiger partial charge on any atom is 0.255 e. The van der Waals surface area contributed by atoms with Crippen molar-refractivity contribution in [3.8, 4) is 33.0 Å². The molecule has 0 aliphatic heterocycles. The number of rotatable bonds is 5. The first-order valence-electron chi connectivity index (χ1n) is 10.8. The zero-order valence-corrected chi connectivity index (χ0v) is 19.0. The summed E-state index contributed by atoms with van der Waals surface area (Å²) in [6, 6.07) is 33.9. The molecule has 1 aromatic heterocycles. The molecule has 4 heteroatoms. The lowest BCUT2D eigenvalue weighted by Gasteiger charge is -2.07. The molecule has 0 saturated carbocycles. The Morgan fingerprint density at radius 3 is 2.09 bits per heavy atom. The lowest BCUT2D eigenvalue weighted by molar-refractivity contribution is 0.102. The predicted molar refractivity (Wildman–Crippen MR) is 138 cm³/mol. The number of carbonyl (C=O) groups is 1. The van der Waals surface area contributed by atoms with Gasteiger partial charge in [-0.25, -0.2) is 4.98 Å². The third-order valence-electron chi connectivity index (χ3n) is 5.57. The van der Waals surface area contributed by atoms with E-state index in [-0.39, 0.29) is 5.91 Å². The predicted octanol–water partition coefficient (Wildman–Crippen LogP) is 7.70. The van der Waals surface area contributed by atoms with Gasteiger partial charge in [0.05, 0.1) is 5.69 Å². The molecule has 0 atom stereocenters. The number of nitrogens with zero attached hydrogens (tertiary/aromatic N) is 1. The molecular formula is C29H22N2OS. The SMILES string of the molecule is Cc1ccccc1-c1nc(-c2ccc(NC(=O)c3ccc(-c4ccccc4)cc3)cc2)cs1. The van der Waals surface area contributed by atoms with Crippen LogP contribution in [0.4, 0.5) is 5.69 Å². The minimum atomic E-state index is -0.127. The van der Waals surface area contributed by atoms with Crippen LogP contribution in [0.25, 0.3) is 33.0 Å². The Morgan fingerprint density at radius 1 is 0.727 bits per heavy atom. The third kappa shape index (κ3) is 4.61. The van der Waals surface area contributed by atoms with Gasteiger partial charge >= 0.3 is 0 Å². The highest BCUT2D eigenvalue weighted by Crippen LogP contribution is 2.31. The average Bonchev–Trinajstić information content (AvgIpc) is 3.35. The van der Waals surface area contributed by atoms with Crippen LogP contribution < -0.4 is 5.32 Å². The van der Waals surface area contributed by atoms with Crippen molar-refractivity contribution in [3.63, 3.8) is 0 Å². The van der Waals surface area contributed by atoms with Crippen LogP contribution in [0.5, 0.6) is 0 Å². The first-order chi connectivity index (χ1) is 16.2. The summed E-state index contributed by atoms with van der Waals surface area (Å²) in [5.41, 5.74) is 7.94. The zero-order chi connectivity index (χ0) is 22.6. The van der Waals surface area contributed by atoms with E-state index in [4.69, 9.17) is 4.98 Å². The van der Waals surface area contributed by atoms with E-state index in [2.05, 4.69) is 41.9 Å². The number of hydrogen-bond donors (Lipinski definition) is 1. The smallest absolute Gasteiger partial charge is 0.255 e. The standard InChI is InChI=1S/C29H22N2OS/c1-20-7-5-6-10-26(20)29-31-27(19-33-29)23-15-17-25(18-16-23)30-28(32)24-13-11-22(12-14-24)21-8-3-2-4-9-21/h2-19H,1H3,(H,30,32). The largest absolute Gasteiger partial charge is 0.322 e. The van der Waals surface area contributed by atoms with E-state index in [1.54, 1.807) is 11.3 Å². The van der Waals surface area contributed by atoms with Gasteiger partial charge in [-0.3, -0.25) is 4.79 Å². The van der Waals surface area contributed by atoms with Crippen molar-refractivity contribution >= 4 is 22.9 Å². The molecule has 4 aromatic carbocycles. The summed E-state index contributed by atoms with van der Waals surface area (Å²) >= 11 is 1.64. The van der Waals surface area contributed by atoms with Gasteiger partial charge in [-0.1, -0.05) is 78.9 Å². The molecule has 1 amide bonds. The van der Waals surface area contributed by atoms with Gasteiger partial charge in [0.25, 0.3) is 5.91 Å². The summed E-state index contributed by atoms with van der Waals surface area (Å²) < 4.78 is 0. The fourth-order valence-electron chi connectivity index (χ4n) is 3.72. The molecule has 3 nitrogen and oxygen atoms in total. The average molecular weight is 447 g/mol. The maximum absolute atomic E-state index is 12.7. The molecule has 0 radical (unpaired) electrons. The van der Waals surface area contributed by atoms with Crippen LogP contribution in [0.15, 0.2) is 109 Å². The van der Waals surface area contributed by atoms with Gasteiger partial charge in [-0.05, 0) is 47.9 Å². The lowest BCUT2D eigenvalue weighted by Crippen LogP contribution is -2.11. The molecule has 5 rings (SSSR count). The summed E-state index contributed by atoms with van der Waals surface area (Å²) in [5, 5.41) is 6.06. The van der Waals surface area contributed by atoms with E-state index >= 15 is 0 Å². The summed E-state index contributed by atoms with van der Waals surface area (Å²) in [6.07, 6.45) is 0. The lowest BCUT2D eigenvalue weighted by atomic mass is 10.0. The second-order valence-electron chi connectivity index (χ2n) is 7.83. The first-order valence-corrected chi connectivity index (χ1v) is 11.6. The van der Waals surface area contributed by atoms with E-state index in [1.807, 2.05) is 78.9 Å². The fourth-order valence-corrected chi connectivity index (χ4v) is 4.63. The van der Waals surface area contributed by atoms with Crippen LogP contribution in [0, 0.1) is 6.92 Å². The van der Waals surface area contributed by atoms with Crippen molar-refractivity contribution in [1.29, 1.82) is 0 Å². The minimum absolute atomic E-state index is 0.127. The number of amides is 1. The van der Waals surface area contributed by atoms with Gasteiger partial charge in [-0.15, -0.1) is 11.3 Å². The normalized spacial score (nSPS) is 10.7. The van der Waals surface area contributed by atoms with Gasteiger partial charge in [0.15, 0.2) is 0 Å². The fraction of sp³-hybridized carbons (Fsp3) is 0.0345. The van der Waals surface area contributed by atoms with Gasteiger partial charge < -0.3 is 5.32 Å². The molecule has 1 heterocycles. The van der Waals surface area contributed by atoms with E-state index in [9.17, 15) is 4.79 Å². The number of benzene rings is 4. The van der Waals surface area contributed by atoms with Crippen molar-refractivity contribution in [1.82, 2.24) is 4.98 Å². The Labute approximate surface area is 197 Å². The second kappa shape index (κ2) is 9.23. The summed E-state index contributed by atoms with van der Waals surface area (Å²) in [7, 11) is 0.